The lowest BCUT2D eigenvalue weighted by atomic mass is 10.1. The Labute approximate surface area is 199 Å². The molecule has 0 atom stereocenters. The van der Waals surface area contributed by atoms with Gasteiger partial charge >= 0.3 is 18.1 Å². The Kier molecular flexibility index (Phi) is 7.63. The van der Waals surface area contributed by atoms with Gasteiger partial charge in [-0.05, 0) is 55.8 Å². The van der Waals surface area contributed by atoms with E-state index in [2.05, 4.69) is 9.84 Å². The second-order valence-corrected chi connectivity index (χ2v) is 7.53. The fourth-order valence-corrected chi connectivity index (χ4v) is 3.40. The van der Waals surface area contributed by atoms with Crippen LogP contribution in [0.2, 0.25) is 0 Å². The Bertz CT molecular complexity index is 1280. The average Bonchev–Trinajstić information content (AvgIpc) is 3.10. The van der Waals surface area contributed by atoms with Crippen molar-refractivity contribution in [3.8, 4) is 17.2 Å². The topological polar surface area (TPSA) is 79.7 Å². The molecule has 0 aliphatic rings. The van der Waals surface area contributed by atoms with Gasteiger partial charge in [0.05, 0.1) is 37.6 Å². The van der Waals surface area contributed by atoms with E-state index in [4.69, 9.17) is 9.47 Å². The number of carbonyl (C=O) groups excluding carboxylic acids is 2. The summed E-state index contributed by atoms with van der Waals surface area (Å²) < 4.78 is 56.0. The summed E-state index contributed by atoms with van der Waals surface area (Å²) in [6.07, 6.45) is -1.87. The third-order valence-electron chi connectivity index (χ3n) is 5.20. The van der Waals surface area contributed by atoms with E-state index in [9.17, 15) is 22.8 Å². The number of carbonyl (C=O) groups is 2. The number of hydrogen-bond acceptors (Lipinski definition) is 6. The van der Waals surface area contributed by atoms with Crippen molar-refractivity contribution in [3.63, 3.8) is 0 Å². The van der Waals surface area contributed by atoms with Crippen LogP contribution in [-0.2, 0) is 26.9 Å². The van der Waals surface area contributed by atoms with Crippen LogP contribution in [0.1, 0.15) is 28.1 Å². The summed E-state index contributed by atoms with van der Waals surface area (Å²) in [6.45, 7) is 3.34. The van der Waals surface area contributed by atoms with Crippen molar-refractivity contribution < 1.29 is 37.0 Å². The molecule has 2 aromatic carbocycles. The number of esters is 2. The average molecular weight is 488 g/mol. The molecular weight excluding hydrogens is 465 g/mol. The van der Waals surface area contributed by atoms with Gasteiger partial charge in [-0.2, -0.15) is 18.3 Å². The van der Waals surface area contributed by atoms with E-state index in [1.807, 2.05) is 0 Å². The van der Waals surface area contributed by atoms with E-state index in [0.717, 1.165) is 12.1 Å². The molecule has 10 heteroatoms. The number of alkyl halides is 3. The number of nitrogens with zero attached hydrogens (tertiary/aromatic N) is 2. The number of methoxy groups -OCH3 is 2. The van der Waals surface area contributed by atoms with E-state index < -0.39 is 23.7 Å². The van der Waals surface area contributed by atoms with Crippen molar-refractivity contribution in [1.29, 1.82) is 0 Å². The van der Waals surface area contributed by atoms with Gasteiger partial charge in [-0.1, -0.05) is 12.1 Å². The number of ether oxygens (including phenoxy) is 3. The first-order chi connectivity index (χ1) is 16.5. The normalized spacial score (nSPS) is 11.5. The van der Waals surface area contributed by atoms with Gasteiger partial charge in [0.1, 0.15) is 0 Å². The van der Waals surface area contributed by atoms with E-state index >= 15 is 0 Å². The molecule has 35 heavy (non-hydrogen) atoms. The molecule has 0 spiro atoms. The van der Waals surface area contributed by atoms with Gasteiger partial charge in [0, 0.05) is 17.3 Å². The standard InChI is InChI=1S/C25H23F3N2O5/c1-15-20(16(2)30(29-15)19-7-5-6-18(13-19)25(26,27)28)14-24(32)35-21-10-8-17(12-22(21)33-3)9-11-23(31)34-4/h5-13H,14H2,1-4H3. The van der Waals surface area contributed by atoms with Crippen LogP contribution in [-0.4, -0.2) is 35.9 Å². The van der Waals surface area contributed by atoms with Crippen LogP contribution in [0, 0.1) is 13.8 Å². The van der Waals surface area contributed by atoms with Crippen molar-refractivity contribution in [1.82, 2.24) is 9.78 Å². The number of aryl methyl sites for hydroxylation is 1. The Hall–Kier alpha value is -4.08. The number of rotatable bonds is 7. The van der Waals surface area contributed by atoms with Crippen LogP contribution in [0.3, 0.4) is 0 Å². The van der Waals surface area contributed by atoms with Crippen LogP contribution in [0.15, 0.2) is 48.5 Å². The minimum Gasteiger partial charge on any atom is -0.493 e. The summed E-state index contributed by atoms with van der Waals surface area (Å²) in [6, 6.07) is 9.55. The first-order valence-corrected chi connectivity index (χ1v) is 10.4. The minimum absolute atomic E-state index is 0.149. The first-order valence-electron chi connectivity index (χ1n) is 10.4. The minimum atomic E-state index is -4.48. The predicted octanol–water partition coefficient (Wildman–Crippen LogP) is 4.85. The molecule has 0 N–H and O–H groups in total. The fourth-order valence-electron chi connectivity index (χ4n) is 3.40. The van der Waals surface area contributed by atoms with Gasteiger partial charge < -0.3 is 14.2 Å². The molecule has 0 bridgehead atoms. The number of halogens is 3. The van der Waals surface area contributed by atoms with Gasteiger partial charge in [0.15, 0.2) is 11.5 Å². The Balaban J connectivity index is 1.80. The van der Waals surface area contributed by atoms with Crippen molar-refractivity contribution in [2.45, 2.75) is 26.4 Å². The monoisotopic (exact) mass is 488 g/mol. The molecule has 1 heterocycles. The maximum Gasteiger partial charge on any atom is 0.416 e. The van der Waals surface area contributed by atoms with Crippen molar-refractivity contribution in [2.24, 2.45) is 0 Å². The summed E-state index contributed by atoms with van der Waals surface area (Å²) in [4.78, 5) is 24.0. The zero-order valence-electron chi connectivity index (χ0n) is 19.5. The first kappa shape index (κ1) is 25.5. The van der Waals surface area contributed by atoms with Gasteiger partial charge in [0.2, 0.25) is 0 Å². The largest absolute Gasteiger partial charge is 0.493 e. The zero-order valence-corrected chi connectivity index (χ0v) is 19.5. The molecule has 0 saturated carbocycles. The van der Waals surface area contributed by atoms with Crippen molar-refractivity contribution in [3.05, 3.63) is 76.6 Å². The second kappa shape index (κ2) is 10.5. The fraction of sp³-hybridized carbons (Fsp3) is 0.240. The molecule has 0 unspecified atom stereocenters. The lowest BCUT2D eigenvalue weighted by Crippen LogP contribution is -2.13. The maximum atomic E-state index is 13.1. The van der Waals surface area contributed by atoms with Gasteiger partial charge in [0.25, 0.3) is 0 Å². The molecule has 0 amide bonds. The SMILES string of the molecule is COC(=O)C=Cc1ccc(OC(=O)Cc2c(C)nn(-c3cccc(C(F)(F)F)c3)c2C)c(OC)c1. The van der Waals surface area contributed by atoms with Crippen LogP contribution in [0.25, 0.3) is 11.8 Å². The highest BCUT2D eigenvalue weighted by molar-refractivity contribution is 5.87. The summed E-state index contributed by atoms with van der Waals surface area (Å²) in [5, 5.41) is 4.32. The summed E-state index contributed by atoms with van der Waals surface area (Å²) in [5.74, 6) is -0.668. The summed E-state index contributed by atoms with van der Waals surface area (Å²) >= 11 is 0. The molecule has 3 aromatic rings. The van der Waals surface area contributed by atoms with Crippen LogP contribution in [0.4, 0.5) is 13.2 Å². The lowest BCUT2D eigenvalue weighted by molar-refractivity contribution is -0.137. The molecular formula is C25H23F3N2O5. The van der Waals surface area contributed by atoms with Crippen molar-refractivity contribution >= 4 is 18.0 Å². The molecule has 0 radical (unpaired) electrons. The summed E-state index contributed by atoms with van der Waals surface area (Å²) in [5.41, 5.74) is 1.63. The molecule has 184 valence electrons. The van der Waals surface area contributed by atoms with Crippen LogP contribution >= 0.6 is 0 Å². The molecule has 0 fully saturated rings. The maximum absolute atomic E-state index is 13.1. The predicted molar refractivity (Wildman–Crippen MR) is 121 cm³/mol. The number of hydrogen-bond donors (Lipinski definition) is 0. The number of benzene rings is 2. The second-order valence-electron chi connectivity index (χ2n) is 7.53. The Morgan fingerprint density at radius 1 is 1.06 bits per heavy atom. The molecule has 1 aromatic heterocycles. The quantitative estimate of drug-likeness (QED) is 0.269. The molecule has 3 rings (SSSR count). The van der Waals surface area contributed by atoms with Crippen molar-refractivity contribution in [2.75, 3.05) is 14.2 Å². The summed E-state index contributed by atoms with van der Waals surface area (Å²) in [7, 11) is 2.68. The van der Waals surface area contributed by atoms with Crippen LogP contribution in [0.5, 0.6) is 11.5 Å². The molecule has 0 aliphatic carbocycles. The highest BCUT2D eigenvalue weighted by Crippen LogP contribution is 2.32. The number of aromatic nitrogens is 2. The van der Waals surface area contributed by atoms with Gasteiger partial charge in [-0.3, -0.25) is 4.79 Å². The lowest BCUT2D eigenvalue weighted by Gasteiger charge is -2.11. The van der Waals surface area contributed by atoms with E-state index in [1.54, 1.807) is 26.0 Å². The van der Waals surface area contributed by atoms with E-state index in [1.165, 1.54) is 49.3 Å². The van der Waals surface area contributed by atoms with E-state index in [0.29, 0.717) is 22.5 Å². The van der Waals surface area contributed by atoms with Gasteiger partial charge in [-0.25, -0.2) is 9.48 Å². The Morgan fingerprint density at radius 2 is 1.80 bits per heavy atom. The Morgan fingerprint density at radius 3 is 2.46 bits per heavy atom. The zero-order chi connectivity index (χ0) is 25.8. The smallest absolute Gasteiger partial charge is 0.416 e. The third kappa shape index (κ3) is 6.08. The third-order valence-corrected chi connectivity index (χ3v) is 5.20. The van der Waals surface area contributed by atoms with E-state index in [-0.39, 0.29) is 23.6 Å². The highest BCUT2D eigenvalue weighted by atomic mass is 19.4. The molecule has 7 nitrogen and oxygen atoms in total. The van der Waals surface area contributed by atoms with Gasteiger partial charge in [-0.15, -0.1) is 0 Å². The molecule has 0 saturated heterocycles. The highest BCUT2D eigenvalue weighted by Gasteiger charge is 2.31. The molecule has 0 aliphatic heterocycles. The van der Waals surface area contributed by atoms with Crippen LogP contribution < -0.4 is 9.47 Å².